The summed E-state index contributed by atoms with van der Waals surface area (Å²) in [7, 11) is 0. The molecule has 0 fully saturated rings. The number of thiazole rings is 1. The van der Waals surface area contributed by atoms with Gasteiger partial charge in [0.1, 0.15) is 11.3 Å². The molecular formula is C18H24F2N8O2S. The van der Waals surface area contributed by atoms with Crippen LogP contribution in [0.3, 0.4) is 0 Å². The molecule has 10 nitrogen and oxygen atoms in total. The number of alkyl halides is 2. The van der Waals surface area contributed by atoms with Crippen molar-refractivity contribution in [2.45, 2.75) is 45.6 Å². The van der Waals surface area contributed by atoms with Crippen molar-refractivity contribution in [1.82, 2.24) is 30.2 Å². The lowest BCUT2D eigenvalue weighted by Crippen LogP contribution is -2.35. The summed E-state index contributed by atoms with van der Waals surface area (Å²) in [6.45, 7) is 3.02. The number of nitrogens with one attached hydrogen (secondary N) is 2. The molecule has 0 amide bonds. The summed E-state index contributed by atoms with van der Waals surface area (Å²) in [6.07, 6.45) is 5.92. The molecule has 3 heterocycles. The lowest BCUT2D eigenvalue weighted by Gasteiger charge is -2.23. The maximum absolute atomic E-state index is 12.6. The van der Waals surface area contributed by atoms with E-state index >= 15 is 0 Å². The van der Waals surface area contributed by atoms with Gasteiger partial charge in [-0.1, -0.05) is 0 Å². The molecule has 0 bridgehead atoms. The minimum atomic E-state index is -3.02. The van der Waals surface area contributed by atoms with Crippen molar-refractivity contribution < 1.29 is 18.3 Å². The monoisotopic (exact) mass is 454 g/mol. The second-order valence-electron chi connectivity index (χ2n) is 6.52. The van der Waals surface area contributed by atoms with Crippen LogP contribution in [0, 0.1) is 0 Å². The third-order valence-corrected chi connectivity index (χ3v) is 5.42. The van der Waals surface area contributed by atoms with Crippen LogP contribution in [0.1, 0.15) is 31.7 Å². The lowest BCUT2D eigenvalue weighted by molar-refractivity contribution is -0.102. The molecule has 0 saturated heterocycles. The average molecular weight is 455 g/mol. The fraction of sp³-hybridized carbons (Fsp3) is 0.444. The Morgan fingerprint density at radius 3 is 2.77 bits per heavy atom. The Labute approximate surface area is 181 Å². The van der Waals surface area contributed by atoms with Crippen LogP contribution in [-0.2, 0) is 9.47 Å². The molecule has 2 unspecified atom stereocenters. The first kappa shape index (κ1) is 22.8. The zero-order chi connectivity index (χ0) is 22.4. The predicted octanol–water partition coefficient (Wildman–Crippen LogP) is 2.64. The van der Waals surface area contributed by atoms with Gasteiger partial charge in [0, 0.05) is 23.8 Å². The van der Waals surface area contributed by atoms with Gasteiger partial charge in [-0.25, -0.2) is 20.5 Å². The largest absolute Gasteiger partial charge is 0.418 e. The number of hydrogen-bond donors (Lipinski definition) is 3. The molecular weight excluding hydrogens is 430 g/mol. The quantitative estimate of drug-likeness (QED) is 0.228. The van der Waals surface area contributed by atoms with Gasteiger partial charge in [0.15, 0.2) is 5.65 Å². The zero-order valence-corrected chi connectivity index (χ0v) is 18.0. The first-order chi connectivity index (χ1) is 14.9. The van der Waals surface area contributed by atoms with Crippen LogP contribution in [0.25, 0.3) is 11.2 Å². The number of rotatable bonds is 11. The Morgan fingerprint density at radius 2 is 2.13 bits per heavy atom. The average Bonchev–Trinajstić information content (AvgIpc) is 3.42. The summed E-state index contributed by atoms with van der Waals surface area (Å²) in [5.41, 5.74) is 5.07. The summed E-state index contributed by atoms with van der Waals surface area (Å²) < 4.78 is 37.0. The SMILES string of the molecule is CCOC(C)C(/C=C(\NN)OC(F)F)Nc1cnc2cnn([C@@H](C)c3cncs3)c2n1. The van der Waals surface area contributed by atoms with Crippen LogP contribution in [0.2, 0.25) is 0 Å². The molecule has 168 valence electrons. The van der Waals surface area contributed by atoms with Crippen LogP contribution >= 0.6 is 11.3 Å². The van der Waals surface area contributed by atoms with Gasteiger partial charge < -0.3 is 14.8 Å². The van der Waals surface area contributed by atoms with E-state index in [1.807, 2.05) is 13.8 Å². The molecule has 13 heteroatoms. The van der Waals surface area contributed by atoms with Crippen molar-refractivity contribution in [3.63, 3.8) is 0 Å². The van der Waals surface area contributed by atoms with Crippen molar-refractivity contribution in [2.24, 2.45) is 5.84 Å². The lowest BCUT2D eigenvalue weighted by atomic mass is 10.1. The Kier molecular flexibility index (Phi) is 7.65. The second-order valence-corrected chi connectivity index (χ2v) is 7.44. The number of fused-ring (bicyclic) bond motifs is 1. The Hall–Kier alpha value is -2.90. The molecule has 3 aromatic heterocycles. The summed E-state index contributed by atoms with van der Waals surface area (Å²) in [5, 5.41) is 7.54. The molecule has 0 aliphatic rings. The van der Waals surface area contributed by atoms with Crippen LogP contribution in [0.4, 0.5) is 14.6 Å². The minimum absolute atomic E-state index is 0.0833. The van der Waals surface area contributed by atoms with Crippen molar-refractivity contribution in [2.75, 3.05) is 11.9 Å². The Morgan fingerprint density at radius 1 is 1.32 bits per heavy atom. The standard InChI is InChI=1S/C18H24F2N8O2S/c1-4-29-11(3)12(5-16(27-21)30-18(19)20)25-15-8-23-13-6-24-28(17(13)26-15)10(2)14-7-22-9-31-14/h5-12,18,27H,4,21H2,1-3H3,(H,25,26)/b16-5+/t10-,11?,12?/m0/s1. The number of nitrogens with two attached hydrogens (primary N) is 1. The third-order valence-electron chi connectivity index (χ3n) is 4.47. The summed E-state index contributed by atoms with van der Waals surface area (Å²) in [4.78, 5) is 14.2. The molecule has 0 spiro atoms. The molecule has 0 aliphatic heterocycles. The van der Waals surface area contributed by atoms with Crippen LogP contribution in [0.5, 0.6) is 0 Å². The molecule has 0 aromatic carbocycles. The van der Waals surface area contributed by atoms with Gasteiger partial charge in [0.05, 0.1) is 36.1 Å². The van der Waals surface area contributed by atoms with E-state index in [-0.39, 0.29) is 11.9 Å². The molecule has 0 saturated carbocycles. The second kappa shape index (κ2) is 10.4. The zero-order valence-electron chi connectivity index (χ0n) is 17.2. The van der Waals surface area contributed by atoms with E-state index in [1.165, 1.54) is 23.6 Å². The molecule has 0 aliphatic carbocycles. The van der Waals surface area contributed by atoms with Crippen molar-refractivity contribution >= 4 is 28.3 Å². The molecule has 3 rings (SSSR count). The van der Waals surface area contributed by atoms with Gasteiger partial charge in [-0.05, 0) is 20.8 Å². The van der Waals surface area contributed by atoms with E-state index in [2.05, 4.69) is 35.5 Å². The molecule has 31 heavy (non-hydrogen) atoms. The van der Waals surface area contributed by atoms with Gasteiger partial charge in [0.2, 0.25) is 5.88 Å². The number of nitrogens with zero attached hydrogens (tertiary/aromatic N) is 5. The van der Waals surface area contributed by atoms with Gasteiger partial charge >= 0.3 is 6.61 Å². The Balaban J connectivity index is 1.90. The first-order valence-corrected chi connectivity index (χ1v) is 10.4. The van der Waals surface area contributed by atoms with E-state index < -0.39 is 18.8 Å². The number of aromatic nitrogens is 5. The minimum Gasteiger partial charge on any atom is -0.418 e. The van der Waals surface area contributed by atoms with E-state index in [0.29, 0.717) is 23.6 Å². The van der Waals surface area contributed by atoms with Gasteiger partial charge in [-0.3, -0.25) is 10.4 Å². The topological polar surface area (TPSA) is 125 Å². The highest BCUT2D eigenvalue weighted by molar-refractivity contribution is 7.09. The van der Waals surface area contributed by atoms with E-state index in [9.17, 15) is 8.78 Å². The fourth-order valence-corrected chi connectivity index (χ4v) is 3.60. The van der Waals surface area contributed by atoms with E-state index in [4.69, 9.17) is 10.6 Å². The van der Waals surface area contributed by atoms with Crippen LogP contribution in [0.15, 0.2) is 36.1 Å². The number of hydrazine groups is 1. The van der Waals surface area contributed by atoms with Gasteiger partial charge in [-0.15, -0.1) is 11.3 Å². The van der Waals surface area contributed by atoms with E-state index in [0.717, 1.165) is 4.88 Å². The number of anilines is 1. The molecule has 3 atom stereocenters. The number of halogens is 2. The van der Waals surface area contributed by atoms with Crippen molar-refractivity contribution in [3.05, 3.63) is 40.9 Å². The summed E-state index contributed by atoms with van der Waals surface area (Å²) in [5.74, 6) is 5.42. The maximum Gasteiger partial charge on any atom is 0.388 e. The van der Waals surface area contributed by atoms with E-state index in [1.54, 1.807) is 29.5 Å². The smallest absolute Gasteiger partial charge is 0.388 e. The van der Waals surface area contributed by atoms with Crippen LogP contribution < -0.4 is 16.6 Å². The molecule has 4 N–H and O–H groups in total. The molecule has 0 radical (unpaired) electrons. The van der Waals surface area contributed by atoms with Gasteiger partial charge in [-0.2, -0.15) is 13.9 Å². The first-order valence-electron chi connectivity index (χ1n) is 9.53. The predicted molar refractivity (Wildman–Crippen MR) is 112 cm³/mol. The van der Waals surface area contributed by atoms with Gasteiger partial charge in [0.25, 0.3) is 0 Å². The van der Waals surface area contributed by atoms with Crippen LogP contribution in [-0.4, -0.2) is 50.1 Å². The highest BCUT2D eigenvalue weighted by Gasteiger charge is 2.20. The summed E-state index contributed by atoms with van der Waals surface area (Å²) in [6, 6.07) is -0.674. The number of hydrogen-bond acceptors (Lipinski definition) is 10. The normalized spacial score (nSPS) is 15.1. The Bertz CT molecular complexity index is 998. The van der Waals surface area contributed by atoms with Crippen molar-refractivity contribution in [1.29, 1.82) is 0 Å². The third kappa shape index (κ3) is 5.62. The molecule has 3 aromatic rings. The highest BCUT2D eigenvalue weighted by Crippen LogP contribution is 2.24. The van der Waals surface area contributed by atoms with Crippen molar-refractivity contribution in [3.8, 4) is 0 Å². The maximum atomic E-state index is 12.6. The fourth-order valence-electron chi connectivity index (χ4n) is 2.94. The number of ether oxygens (including phenoxy) is 2. The summed E-state index contributed by atoms with van der Waals surface area (Å²) >= 11 is 1.52. The highest BCUT2D eigenvalue weighted by atomic mass is 32.1.